The maximum absolute atomic E-state index is 12.5. The van der Waals surface area contributed by atoms with E-state index in [2.05, 4.69) is 15.2 Å². The quantitative estimate of drug-likeness (QED) is 0.662. The van der Waals surface area contributed by atoms with Crippen LogP contribution in [0.3, 0.4) is 0 Å². The predicted molar refractivity (Wildman–Crippen MR) is 121 cm³/mol. The van der Waals surface area contributed by atoms with Crippen molar-refractivity contribution < 1.29 is 14.3 Å². The molecule has 30 heavy (non-hydrogen) atoms. The lowest BCUT2D eigenvalue weighted by Crippen LogP contribution is -2.38. The molecule has 1 aromatic carbocycles. The molecule has 0 saturated carbocycles. The number of nitrogens with one attached hydrogen (secondary N) is 1. The largest absolute Gasteiger partial charge is 0.378 e. The molecule has 7 nitrogen and oxygen atoms in total. The number of anilines is 2. The molecule has 1 saturated heterocycles. The minimum Gasteiger partial charge on any atom is -0.378 e. The first-order chi connectivity index (χ1) is 14.7. The summed E-state index contributed by atoms with van der Waals surface area (Å²) in [7, 11) is 0. The summed E-state index contributed by atoms with van der Waals surface area (Å²) in [5.41, 5.74) is 2.93. The zero-order valence-electron chi connectivity index (χ0n) is 17.3. The fourth-order valence-corrected chi connectivity index (χ4v) is 4.02. The zero-order valence-corrected chi connectivity index (χ0v) is 18.1. The number of pyridine rings is 1. The van der Waals surface area contributed by atoms with Crippen molar-refractivity contribution in [2.75, 3.05) is 55.4 Å². The van der Waals surface area contributed by atoms with Crippen LogP contribution in [0, 0.1) is 0 Å². The van der Waals surface area contributed by atoms with Gasteiger partial charge in [-0.25, -0.2) is 0 Å². The summed E-state index contributed by atoms with van der Waals surface area (Å²) in [6, 6.07) is 11.7. The topological polar surface area (TPSA) is 74.8 Å². The van der Waals surface area contributed by atoms with Crippen molar-refractivity contribution in [2.24, 2.45) is 0 Å². The van der Waals surface area contributed by atoms with Crippen LogP contribution < -0.4 is 10.2 Å². The van der Waals surface area contributed by atoms with E-state index in [0.29, 0.717) is 12.3 Å². The minimum atomic E-state index is -0.193. The van der Waals surface area contributed by atoms with Gasteiger partial charge in [0.2, 0.25) is 11.8 Å². The Morgan fingerprint density at radius 1 is 1.20 bits per heavy atom. The Hall–Kier alpha value is -2.58. The number of benzene rings is 1. The van der Waals surface area contributed by atoms with Crippen LogP contribution in [0.5, 0.6) is 0 Å². The molecule has 2 aromatic rings. The van der Waals surface area contributed by atoms with E-state index in [4.69, 9.17) is 4.74 Å². The summed E-state index contributed by atoms with van der Waals surface area (Å²) < 4.78 is 5.38. The van der Waals surface area contributed by atoms with Crippen molar-refractivity contribution in [1.82, 2.24) is 9.88 Å². The summed E-state index contributed by atoms with van der Waals surface area (Å²) >= 11 is 1.53. The molecule has 8 heteroatoms. The van der Waals surface area contributed by atoms with Crippen molar-refractivity contribution in [3.05, 3.63) is 54.4 Å². The standard InChI is InChI=1S/C22H28N4O3S/c1-2-25(22(28)17-30-16-18-4-3-9-23-14-18)15-21(27)24-19-5-7-20(8-6-19)26-10-12-29-13-11-26/h3-9,14H,2,10-13,15-17H2,1H3,(H,24,27). The number of aromatic nitrogens is 1. The van der Waals surface area contributed by atoms with Crippen molar-refractivity contribution >= 4 is 35.0 Å². The van der Waals surface area contributed by atoms with E-state index in [1.54, 1.807) is 17.3 Å². The number of morpholine rings is 1. The molecule has 0 atom stereocenters. The molecule has 0 bridgehead atoms. The molecule has 1 aliphatic rings. The summed E-state index contributed by atoms with van der Waals surface area (Å²) in [4.78, 5) is 32.8. The van der Waals surface area contributed by atoms with Crippen molar-refractivity contribution in [3.8, 4) is 0 Å². The van der Waals surface area contributed by atoms with Gasteiger partial charge in [0.15, 0.2) is 0 Å². The molecule has 1 aromatic heterocycles. The number of ether oxygens (including phenoxy) is 1. The molecule has 160 valence electrons. The van der Waals surface area contributed by atoms with E-state index in [9.17, 15) is 9.59 Å². The maximum atomic E-state index is 12.5. The second-order valence-electron chi connectivity index (χ2n) is 6.96. The first kappa shape index (κ1) is 22.1. The first-order valence-electron chi connectivity index (χ1n) is 10.1. The highest BCUT2D eigenvalue weighted by molar-refractivity contribution is 7.99. The fourth-order valence-electron chi connectivity index (χ4n) is 3.16. The molecule has 1 N–H and O–H groups in total. The molecule has 2 heterocycles. The minimum absolute atomic E-state index is 0.0378. The Morgan fingerprint density at radius 2 is 1.97 bits per heavy atom. The van der Waals surface area contributed by atoms with Gasteiger partial charge in [-0.1, -0.05) is 6.07 Å². The molecule has 0 aliphatic carbocycles. The van der Waals surface area contributed by atoms with E-state index in [1.165, 1.54) is 11.8 Å². The van der Waals surface area contributed by atoms with Crippen LogP contribution in [0.4, 0.5) is 11.4 Å². The van der Waals surface area contributed by atoms with Gasteiger partial charge in [-0.15, -0.1) is 11.8 Å². The van der Waals surface area contributed by atoms with Crippen LogP contribution in [0.25, 0.3) is 0 Å². The van der Waals surface area contributed by atoms with Crippen LogP contribution >= 0.6 is 11.8 Å². The lowest BCUT2D eigenvalue weighted by molar-refractivity contribution is -0.132. The maximum Gasteiger partial charge on any atom is 0.243 e. The van der Waals surface area contributed by atoms with Gasteiger partial charge < -0.3 is 19.9 Å². The lowest BCUT2D eigenvalue weighted by atomic mass is 10.2. The normalized spacial score (nSPS) is 13.7. The molecule has 0 radical (unpaired) electrons. The molecule has 2 amide bonds. The van der Waals surface area contributed by atoms with Gasteiger partial charge in [-0.3, -0.25) is 14.6 Å². The molecule has 0 spiro atoms. The Labute approximate surface area is 181 Å². The number of carbonyl (C=O) groups is 2. The third-order valence-corrected chi connectivity index (χ3v) is 5.80. The van der Waals surface area contributed by atoms with Gasteiger partial charge in [0.05, 0.1) is 25.5 Å². The predicted octanol–water partition coefficient (Wildman–Crippen LogP) is 2.64. The summed E-state index contributed by atoms with van der Waals surface area (Å²) in [5.74, 6) is 0.828. The van der Waals surface area contributed by atoms with Gasteiger partial charge in [-0.2, -0.15) is 0 Å². The van der Waals surface area contributed by atoms with Crippen LogP contribution in [0.2, 0.25) is 0 Å². The van der Waals surface area contributed by atoms with Gasteiger partial charge >= 0.3 is 0 Å². The number of thioether (sulfide) groups is 1. The number of amides is 2. The summed E-state index contributed by atoms with van der Waals surface area (Å²) in [6.07, 6.45) is 3.53. The van der Waals surface area contributed by atoms with Gasteiger partial charge in [0, 0.05) is 49.2 Å². The lowest BCUT2D eigenvalue weighted by Gasteiger charge is -2.29. The number of hydrogen-bond donors (Lipinski definition) is 1. The molecule has 1 aliphatic heterocycles. The Bertz CT molecular complexity index is 811. The third kappa shape index (κ3) is 6.74. The Balaban J connectivity index is 1.44. The highest BCUT2D eigenvalue weighted by Gasteiger charge is 2.16. The second-order valence-corrected chi connectivity index (χ2v) is 7.94. The van der Waals surface area contributed by atoms with E-state index >= 15 is 0 Å². The number of carbonyl (C=O) groups excluding carboxylic acids is 2. The third-order valence-electron chi connectivity index (χ3n) is 4.81. The van der Waals surface area contributed by atoms with E-state index in [1.807, 2.05) is 43.3 Å². The highest BCUT2D eigenvalue weighted by Crippen LogP contribution is 2.19. The van der Waals surface area contributed by atoms with Gasteiger partial charge in [0.25, 0.3) is 0 Å². The van der Waals surface area contributed by atoms with E-state index in [-0.39, 0.29) is 18.4 Å². The molecular weight excluding hydrogens is 400 g/mol. The Morgan fingerprint density at radius 3 is 2.63 bits per heavy atom. The van der Waals surface area contributed by atoms with Crippen LogP contribution in [-0.4, -0.2) is 66.8 Å². The number of rotatable bonds is 9. The van der Waals surface area contributed by atoms with Crippen LogP contribution in [-0.2, 0) is 20.1 Å². The number of likely N-dealkylation sites (N-methyl/N-ethyl adjacent to an activating group) is 1. The first-order valence-corrected chi connectivity index (χ1v) is 11.3. The highest BCUT2D eigenvalue weighted by atomic mass is 32.2. The molecule has 0 unspecified atom stereocenters. The van der Waals surface area contributed by atoms with Gasteiger partial charge in [0.1, 0.15) is 0 Å². The fraction of sp³-hybridized carbons (Fsp3) is 0.409. The number of hydrogen-bond acceptors (Lipinski definition) is 6. The van der Waals surface area contributed by atoms with Crippen molar-refractivity contribution in [3.63, 3.8) is 0 Å². The molecule has 3 rings (SSSR count). The summed E-state index contributed by atoms with van der Waals surface area (Å²) in [5, 5.41) is 2.88. The molecular formula is C22H28N4O3S. The summed E-state index contributed by atoms with van der Waals surface area (Å²) in [6.45, 7) is 5.65. The van der Waals surface area contributed by atoms with Crippen molar-refractivity contribution in [1.29, 1.82) is 0 Å². The van der Waals surface area contributed by atoms with Crippen molar-refractivity contribution in [2.45, 2.75) is 12.7 Å². The van der Waals surface area contributed by atoms with Crippen LogP contribution in [0.1, 0.15) is 12.5 Å². The smallest absolute Gasteiger partial charge is 0.243 e. The SMILES string of the molecule is CCN(CC(=O)Nc1ccc(N2CCOCC2)cc1)C(=O)CSCc1cccnc1. The zero-order chi connectivity index (χ0) is 21.2. The van der Waals surface area contributed by atoms with E-state index in [0.717, 1.165) is 49.0 Å². The number of nitrogens with zero attached hydrogens (tertiary/aromatic N) is 3. The average molecular weight is 429 g/mol. The van der Waals surface area contributed by atoms with E-state index < -0.39 is 0 Å². The molecule has 1 fully saturated rings. The van der Waals surface area contributed by atoms with Gasteiger partial charge in [-0.05, 0) is 42.8 Å². The second kappa shape index (κ2) is 11.6. The van der Waals surface area contributed by atoms with Crippen LogP contribution in [0.15, 0.2) is 48.8 Å². The monoisotopic (exact) mass is 428 g/mol. The average Bonchev–Trinajstić information content (AvgIpc) is 2.79. The Kier molecular flexibility index (Phi) is 8.53.